The Hall–Kier alpha value is -3.43. The first-order valence-corrected chi connectivity index (χ1v) is 9.28. The highest BCUT2D eigenvalue weighted by molar-refractivity contribution is 5.70. The van der Waals surface area contributed by atoms with E-state index in [0.29, 0.717) is 43.1 Å². The molecule has 0 spiro atoms. The quantitative estimate of drug-likeness (QED) is 0.622. The molecule has 7 nitrogen and oxygen atoms in total. The number of amides is 1. The summed E-state index contributed by atoms with van der Waals surface area (Å²) in [5, 5.41) is 8.00. The van der Waals surface area contributed by atoms with Crippen LogP contribution in [0.2, 0.25) is 0 Å². The molecule has 1 aliphatic rings. The van der Waals surface area contributed by atoms with Gasteiger partial charge in [-0.2, -0.15) is 13.2 Å². The van der Waals surface area contributed by atoms with Crippen LogP contribution in [0.15, 0.2) is 53.2 Å². The van der Waals surface area contributed by atoms with Gasteiger partial charge in [0.2, 0.25) is 11.8 Å². The summed E-state index contributed by atoms with van der Waals surface area (Å²) in [4.78, 5) is 17.7. The van der Waals surface area contributed by atoms with Crippen molar-refractivity contribution < 1.29 is 27.1 Å². The molecule has 2 aromatic heterocycles. The molecule has 4 rings (SSSR count). The van der Waals surface area contributed by atoms with E-state index in [-0.39, 0.29) is 11.8 Å². The van der Waals surface area contributed by atoms with Gasteiger partial charge in [-0.1, -0.05) is 0 Å². The summed E-state index contributed by atoms with van der Waals surface area (Å²) in [5.74, 6) is 0.910. The number of pyridine rings is 1. The fourth-order valence-electron chi connectivity index (χ4n) is 3.20. The minimum Gasteiger partial charge on any atom is -0.420 e. The van der Waals surface area contributed by atoms with Crippen molar-refractivity contribution in [3.05, 3.63) is 60.2 Å². The Morgan fingerprint density at radius 1 is 1.10 bits per heavy atom. The third-order valence-electron chi connectivity index (χ3n) is 4.84. The van der Waals surface area contributed by atoms with E-state index in [0.717, 1.165) is 12.1 Å². The Morgan fingerprint density at radius 3 is 2.47 bits per heavy atom. The fourth-order valence-corrected chi connectivity index (χ4v) is 3.20. The van der Waals surface area contributed by atoms with E-state index in [1.807, 2.05) is 0 Å². The monoisotopic (exact) mass is 418 g/mol. The lowest BCUT2D eigenvalue weighted by Crippen LogP contribution is -2.39. The highest BCUT2D eigenvalue weighted by Crippen LogP contribution is 2.32. The highest BCUT2D eigenvalue weighted by Gasteiger charge is 2.31. The van der Waals surface area contributed by atoms with Crippen molar-refractivity contribution in [1.29, 1.82) is 0 Å². The Bertz CT molecular complexity index is 998. The van der Waals surface area contributed by atoms with Gasteiger partial charge in [0, 0.05) is 30.8 Å². The smallest absolute Gasteiger partial charge is 0.416 e. The summed E-state index contributed by atoms with van der Waals surface area (Å²) in [7, 11) is 0. The average molecular weight is 418 g/mol. The van der Waals surface area contributed by atoms with Crippen LogP contribution in [-0.4, -0.2) is 39.3 Å². The maximum atomic E-state index is 12.7. The molecule has 30 heavy (non-hydrogen) atoms. The number of hydrogen-bond donors (Lipinski definition) is 0. The molecule has 1 fully saturated rings. The number of aromatic nitrogens is 3. The largest absolute Gasteiger partial charge is 0.420 e. The Balaban J connectivity index is 1.35. The SMILES string of the molecule is O=C(Oc1cccnc1)N1CCC(c2nnc(-c3ccc(C(F)(F)F)cc3)o2)CC1. The minimum absolute atomic E-state index is 0.0388. The van der Waals surface area contributed by atoms with E-state index < -0.39 is 17.8 Å². The van der Waals surface area contributed by atoms with Crippen molar-refractivity contribution in [2.24, 2.45) is 0 Å². The molecule has 1 amide bonds. The third kappa shape index (κ3) is 4.42. The van der Waals surface area contributed by atoms with Crippen LogP contribution >= 0.6 is 0 Å². The molecule has 10 heteroatoms. The predicted molar refractivity (Wildman–Crippen MR) is 98.5 cm³/mol. The first-order valence-electron chi connectivity index (χ1n) is 9.28. The van der Waals surface area contributed by atoms with Crippen LogP contribution in [0.1, 0.15) is 30.2 Å². The van der Waals surface area contributed by atoms with Crippen molar-refractivity contribution in [2.45, 2.75) is 24.9 Å². The molecule has 0 radical (unpaired) electrons. The molecule has 0 aliphatic carbocycles. The van der Waals surface area contributed by atoms with Gasteiger partial charge in [0.1, 0.15) is 0 Å². The zero-order valence-corrected chi connectivity index (χ0v) is 15.7. The molecule has 0 bridgehead atoms. The summed E-state index contributed by atoms with van der Waals surface area (Å²) in [6.07, 6.45) is -0.576. The van der Waals surface area contributed by atoms with Crippen molar-refractivity contribution in [3.8, 4) is 17.2 Å². The van der Waals surface area contributed by atoms with Crippen LogP contribution in [-0.2, 0) is 6.18 Å². The maximum absolute atomic E-state index is 12.7. The molecule has 1 aliphatic heterocycles. The number of carbonyl (C=O) groups excluding carboxylic acids is 1. The Labute approximate surface area is 169 Å². The number of halogens is 3. The van der Waals surface area contributed by atoms with Crippen LogP contribution in [0.3, 0.4) is 0 Å². The Kier molecular flexibility index (Phi) is 5.39. The average Bonchev–Trinajstić information content (AvgIpc) is 3.24. The topological polar surface area (TPSA) is 81.4 Å². The molecule has 156 valence electrons. The van der Waals surface area contributed by atoms with E-state index >= 15 is 0 Å². The van der Waals surface area contributed by atoms with Crippen LogP contribution in [0.25, 0.3) is 11.5 Å². The number of carbonyl (C=O) groups is 1. The number of nitrogens with zero attached hydrogens (tertiary/aromatic N) is 4. The number of likely N-dealkylation sites (tertiary alicyclic amines) is 1. The number of ether oxygens (including phenoxy) is 1. The number of benzene rings is 1. The molecule has 0 saturated carbocycles. The van der Waals surface area contributed by atoms with Crippen molar-refractivity contribution in [3.63, 3.8) is 0 Å². The molecule has 1 aromatic carbocycles. The van der Waals surface area contributed by atoms with Crippen molar-refractivity contribution in [1.82, 2.24) is 20.1 Å². The summed E-state index contributed by atoms with van der Waals surface area (Å²) in [5.41, 5.74) is -0.323. The van der Waals surface area contributed by atoms with Gasteiger partial charge < -0.3 is 14.1 Å². The van der Waals surface area contributed by atoms with Crippen LogP contribution < -0.4 is 4.74 Å². The molecular weight excluding hydrogens is 401 g/mol. The summed E-state index contributed by atoms with van der Waals surface area (Å²) >= 11 is 0. The maximum Gasteiger partial charge on any atom is 0.416 e. The van der Waals surface area contributed by atoms with E-state index in [1.165, 1.54) is 18.3 Å². The minimum atomic E-state index is -4.40. The van der Waals surface area contributed by atoms with Gasteiger partial charge in [0.05, 0.1) is 11.8 Å². The second-order valence-corrected chi connectivity index (χ2v) is 6.84. The number of rotatable bonds is 3. The predicted octanol–water partition coefficient (Wildman–Crippen LogP) is 4.53. The fraction of sp³-hybridized carbons (Fsp3) is 0.300. The number of alkyl halides is 3. The molecule has 0 atom stereocenters. The number of hydrogen-bond acceptors (Lipinski definition) is 6. The first-order chi connectivity index (χ1) is 14.4. The van der Waals surface area contributed by atoms with Gasteiger partial charge in [-0.05, 0) is 49.2 Å². The standard InChI is InChI=1S/C20H17F3N4O3/c21-20(22,23)15-5-3-13(4-6-15)17-25-26-18(30-17)14-7-10-27(11-8-14)19(28)29-16-2-1-9-24-12-16/h1-6,9,12,14H,7-8,10-11H2. The summed E-state index contributed by atoms with van der Waals surface area (Å²) in [6, 6.07) is 7.89. The van der Waals surface area contributed by atoms with Crippen LogP contribution in [0, 0.1) is 0 Å². The van der Waals surface area contributed by atoms with Gasteiger partial charge in [-0.15, -0.1) is 10.2 Å². The second-order valence-electron chi connectivity index (χ2n) is 6.84. The van der Waals surface area contributed by atoms with Crippen LogP contribution in [0.5, 0.6) is 5.75 Å². The van der Waals surface area contributed by atoms with E-state index in [4.69, 9.17) is 9.15 Å². The van der Waals surface area contributed by atoms with E-state index in [9.17, 15) is 18.0 Å². The molecule has 1 saturated heterocycles. The normalized spacial score (nSPS) is 15.2. The van der Waals surface area contributed by atoms with E-state index in [2.05, 4.69) is 15.2 Å². The zero-order chi connectivity index (χ0) is 21.1. The van der Waals surface area contributed by atoms with Gasteiger partial charge in [-0.3, -0.25) is 4.98 Å². The molecule has 0 unspecified atom stereocenters. The van der Waals surface area contributed by atoms with Gasteiger partial charge >= 0.3 is 12.3 Å². The third-order valence-corrected chi connectivity index (χ3v) is 4.84. The molecule has 3 aromatic rings. The molecule has 3 heterocycles. The summed E-state index contributed by atoms with van der Waals surface area (Å²) in [6.45, 7) is 0.920. The van der Waals surface area contributed by atoms with Gasteiger partial charge in [-0.25, -0.2) is 4.79 Å². The number of piperidine rings is 1. The summed E-state index contributed by atoms with van der Waals surface area (Å²) < 4.78 is 49.0. The molecular formula is C20H17F3N4O3. The highest BCUT2D eigenvalue weighted by atomic mass is 19.4. The lowest BCUT2D eigenvalue weighted by molar-refractivity contribution is -0.137. The zero-order valence-electron chi connectivity index (χ0n) is 15.7. The van der Waals surface area contributed by atoms with Crippen molar-refractivity contribution >= 4 is 6.09 Å². The lowest BCUT2D eigenvalue weighted by atomic mass is 9.97. The van der Waals surface area contributed by atoms with Gasteiger partial charge in [0.25, 0.3) is 0 Å². The lowest BCUT2D eigenvalue weighted by Gasteiger charge is -2.29. The van der Waals surface area contributed by atoms with E-state index in [1.54, 1.807) is 23.2 Å². The van der Waals surface area contributed by atoms with Crippen molar-refractivity contribution in [2.75, 3.05) is 13.1 Å². The first kappa shape index (κ1) is 19.9. The Morgan fingerprint density at radius 2 is 1.83 bits per heavy atom. The second kappa shape index (κ2) is 8.13. The molecule has 0 N–H and O–H groups in total. The van der Waals surface area contributed by atoms with Crippen LogP contribution in [0.4, 0.5) is 18.0 Å². The van der Waals surface area contributed by atoms with Gasteiger partial charge in [0.15, 0.2) is 5.75 Å².